The van der Waals surface area contributed by atoms with E-state index in [9.17, 15) is 13.2 Å². The molecule has 1 aromatic heterocycles. The minimum atomic E-state index is -4.77. The van der Waals surface area contributed by atoms with Crippen LogP contribution in [0.2, 0.25) is 0 Å². The van der Waals surface area contributed by atoms with Crippen LogP contribution in [0.4, 0.5) is 13.2 Å². The predicted octanol–water partition coefficient (Wildman–Crippen LogP) is 2.47. The van der Waals surface area contributed by atoms with E-state index in [-0.39, 0.29) is 11.1 Å². The Kier molecular flexibility index (Phi) is 2.84. The van der Waals surface area contributed by atoms with Crippen LogP contribution >= 0.6 is 0 Å². The molecule has 0 aliphatic heterocycles. The molecule has 0 amide bonds. The number of hydrogen-bond acceptors (Lipinski definition) is 3. The fourth-order valence-electron chi connectivity index (χ4n) is 1.00. The van der Waals surface area contributed by atoms with E-state index in [0.717, 1.165) is 6.20 Å². The number of hydrogen-bond donors (Lipinski definition) is 0. The Bertz CT molecular complexity index is 421. The molecule has 0 unspecified atom stereocenters. The highest BCUT2D eigenvalue weighted by molar-refractivity contribution is 5.43. The molecule has 80 valence electrons. The third-order valence-corrected chi connectivity index (χ3v) is 1.93. The van der Waals surface area contributed by atoms with Gasteiger partial charge in [0.2, 0.25) is 5.88 Å². The Morgan fingerprint density at radius 3 is 2.40 bits per heavy atom. The third kappa shape index (κ3) is 2.59. The maximum absolute atomic E-state index is 11.9. The summed E-state index contributed by atoms with van der Waals surface area (Å²) in [7, 11) is 0. The summed E-state index contributed by atoms with van der Waals surface area (Å²) in [5, 5.41) is 8.61. The van der Waals surface area contributed by atoms with Crippen molar-refractivity contribution in [3.63, 3.8) is 0 Å². The summed E-state index contributed by atoms with van der Waals surface area (Å²) in [6, 6.07) is 1.83. The highest BCUT2D eigenvalue weighted by atomic mass is 19.4. The van der Waals surface area contributed by atoms with Gasteiger partial charge in [-0.1, -0.05) is 0 Å². The molecule has 0 radical (unpaired) electrons. The van der Waals surface area contributed by atoms with Crippen LogP contribution in [0.15, 0.2) is 6.20 Å². The normalized spacial score (nSPS) is 10.9. The summed E-state index contributed by atoms with van der Waals surface area (Å²) >= 11 is 0. The average molecular weight is 216 g/mol. The maximum atomic E-state index is 11.9. The minimum Gasteiger partial charge on any atom is -0.388 e. The Labute approximate surface area is 84.1 Å². The molecule has 0 aliphatic rings. The van der Waals surface area contributed by atoms with Crippen LogP contribution < -0.4 is 4.74 Å². The largest absolute Gasteiger partial charge is 0.574 e. The Hall–Kier alpha value is -1.77. The summed E-state index contributed by atoms with van der Waals surface area (Å²) in [6.45, 7) is 2.96. The third-order valence-electron chi connectivity index (χ3n) is 1.93. The van der Waals surface area contributed by atoms with Gasteiger partial charge in [0.1, 0.15) is 6.07 Å². The molecule has 0 fully saturated rings. The zero-order valence-electron chi connectivity index (χ0n) is 8.01. The van der Waals surface area contributed by atoms with Gasteiger partial charge >= 0.3 is 6.36 Å². The fraction of sp³-hybridized carbons (Fsp3) is 0.333. The molecule has 6 heteroatoms. The summed E-state index contributed by atoms with van der Waals surface area (Å²) in [5.74, 6) is -0.515. The molecule has 3 nitrogen and oxygen atoms in total. The van der Waals surface area contributed by atoms with Crippen LogP contribution in [0.5, 0.6) is 5.88 Å². The van der Waals surface area contributed by atoms with E-state index in [2.05, 4.69) is 9.72 Å². The van der Waals surface area contributed by atoms with Gasteiger partial charge in [0, 0.05) is 11.8 Å². The molecular formula is C9H7F3N2O. The van der Waals surface area contributed by atoms with Crippen LogP contribution in [-0.2, 0) is 0 Å². The standard InChI is InChI=1S/C9H7F3N2O/c1-5-6(2)8(15-9(10,11)12)14-4-7(5)3-13/h4H,1-2H3. The number of nitrogens with zero attached hydrogens (tertiary/aromatic N) is 2. The van der Waals surface area contributed by atoms with Crippen molar-refractivity contribution < 1.29 is 17.9 Å². The number of halogens is 3. The van der Waals surface area contributed by atoms with Crippen LogP contribution in [0.25, 0.3) is 0 Å². The zero-order valence-corrected chi connectivity index (χ0v) is 8.01. The number of aromatic nitrogens is 1. The van der Waals surface area contributed by atoms with E-state index in [1.54, 1.807) is 6.92 Å². The molecular weight excluding hydrogens is 209 g/mol. The first-order chi connectivity index (χ1) is 6.85. The smallest absolute Gasteiger partial charge is 0.388 e. The van der Waals surface area contributed by atoms with Gasteiger partial charge in [-0.05, 0) is 19.4 Å². The summed E-state index contributed by atoms with van der Waals surface area (Å²) in [4.78, 5) is 3.43. The van der Waals surface area contributed by atoms with Crippen molar-refractivity contribution in [2.75, 3.05) is 0 Å². The Balaban J connectivity index is 3.14. The molecule has 0 spiro atoms. The lowest BCUT2D eigenvalue weighted by atomic mass is 10.1. The van der Waals surface area contributed by atoms with Crippen molar-refractivity contribution in [2.45, 2.75) is 20.2 Å². The second-order valence-corrected chi connectivity index (χ2v) is 2.89. The van der Waals surface area contributed by atoms with Crippen molar-refractivity contribution in [3.8, 4) is 11.9 Å². The summed E-state index contributed by atoms with van der Waals surface area (Å²) < 4.78 is 39.4. The SMILES string of the molecule is Cc1c(C#N)cnc(OC(F)(F)F)c1C. The van der Waals surface area contributed by atoms with Gasteiger partial charge < -0.3 is 4.74 Å². The Morgan fingerprint density at radius 1 is 1.33 bits per heavy atom. The van der Waals surface area contributed by atoms with E-state index in [1.807, 2.05) is 6.07 Å². The number of pyridine rings is 1. The first-order valence-corrected chi connectivity index (χ1v) is 3.97. The molecule has 0 saturated heterocycles. The lowest BCUT2D eigenvalue weighted by Gasteiger charge is -2.11. The zero-order chi connectivity index (χ0) is 11.6. The highest BCUT2D eigenvalue weighted by Gasteiger charge is 2.32. The first kappa shape index (κ1) is 11.3. The van der Waals surface area contributed by atoms with Crippen LogP contribution in [0, 0.1) is 25.2 Å². The number of nitriles is 1. The van der Waals surface area contributed by atoms with Crippen molar-refractivity contribution in [1.29, 1.82) is 5.26 Å². The molecule has 0 saturated carbocycles. The van der Waals surface area contributed by atoms with Crippen LogP contribution in [0.1, 0.15) is 16.7 Å². The first-order valence-electron chi connectivity index (χ1n) is 3.97. The molecule has 0 atom stereocenters. The van der Waals surface area contributed by atoms with Gasteiger partial charge in [0.05, 0.1) is 5.56 Å². The van der Waals surface area contributed by atoms with Crippen molar-refractivity contribution >= 4 is 0 Å². The topological polar surface area (TPSA) is 45.9 Å². The van der Waals surface area contributed by atoms with Crippen molar-refractivity contribution in [1.82, 2.24) is 4.98 Å². The van der Waals surface area contributed by atoms with Crippen molar-refractivity contribution in [3.05, 3.63) is 22.9 Å². The van der Waals surface area contributed by atoms with Gasteiger partial charge in [0.25, 0.3) is 0 Å². The average Bonchev–Trinajstić information content (AvgIpc) is 2.11. The molecule has 0 N–H and O–H groups in total. The van der Waals surface area contributed by atoms with E-state index >= 15 is 0 Å². The molecule has 1 aromatic rings. The molecule has 1 rings (SSSR count). The Morgan fingerprint density at radius 2 is 1.93 bits per heavy atom. The van der Waals surface area contributed by atoms with E-state index in [4.69, 9.17) is 5.26 Å². The molecule has 15 heavy (non-hydrogen) atoms. The number of alkyl halides is 3. The molecule has 0 aliphatic carbocycles. The second kappa shape index (κ2) is 3.77. The monoisotopic (exact) mass is 216 g/mol. The van der Waals surface area contributed by atoms with Gasteiger partial charge in [0.15, 0.2) is 0 Å². The number of ether oxygens (including phenoxy) is 1. The van der Waals surface area contributed by atoms with Crippen LogP contribution in [0.3, 0.4) is 0 Å². The maximum Gasteiger partial charge on any atom is 0.574 e. The summed E-state index contributed by atoms with van der Waals surface area (Å²) in [6.07, 6.45) is -3.71. The lowest BCUT2D eigenvalue weighted by molar-refractivity contribution is -0.276. The predicted molar refractivity (Wildman–Crippen MR) is 45.1 cm³/mol. The fourth-order valence-corrected chi connectivity index (χ4v) is 1.00. The van der Waals surface area contributed by atoms with Gasteiger partial charge in [-0.2, -0.15) is 5.26 Å². The summed E-state index contributed by atoms with van der Waals surface area (Å²) in [5.41, 5.74) is 0.889. The van der Waals surface area contributed by atoms with E-state index in [0.29, 0.717) is 5.56 Å². The van der Waals surface area contributed by atoms with Crippen LogP contribution in [-0.4, -0.2) is 11.3 Å². The van der Waals surface area contributed by atoms with E-state index < -0.39 is 12.2 Å². The molecule has 0 bridgehead atoms. The van der Waals surface area contributed by atoms with Gasteiger partial charge in [-0.3, -0.25) is 0 Å². The van der Waals surface area contributed by atoms with E-state index in [1.165, 1.54) is 6.92 Å². The second-order valence-electron chi connectivity index (χ2n) is 2.89. The number of rotatable bonds is 1. The highest BCUT2D eigenvalue weighted by Crippen LogP contribution is 2.26. The minimum absolute atomic E-state index is 0.214. The van der Waals surface area contributed by atoms with Crippen molar-refractivity contribution in [2.24, 2.45) is 0 Å². The lowest BCUT2D eigenvalue weighted by Crippen LogP contribution is -2.19. The molecule has 1 heterocycles. The quantitative estimate of drug-likeness (QED) is 0.724. The van der Waals surface area contributed by atoms with Gasteiger partial charge in [-0.25, -0.2) is 4.98 Å². The van der Waals surface area contributed by atoms with Gasteiger partial charge in [-0.15, -0.1) is 13.2 Å². The molecule has 0 aromatic carbocycles.